The first kappa shape index (κ1) is 19.2. The van der Waals surface area contributed by atoms with Gasteiger partial charge in [0.1, 0.15) is 11.0 Å². The SMILES string of the molecule is CSCCC(NC(=O)Nc1ccc(-c2nc3ccccc3s2)cc1)C(=O)O. The highest BCUT2D eigenvalue weighted by Gasteiger charge is 2.19. The van der Waals surface area contributed by atoms with Crippen LogP contribution in [0.15, 0.2) is 48.5 Å². The lowest BCUT2D eigenvalue weighted by atomic mass is 10.2. The van der Waals surface area contributed by atoms with Crippen molar-refractivity contribution in [3.05, 3.63) is 48.5 Å². The standard InChI is InChI=1S/C19H19N3O3S2/c1-26-11-10-15(18(23)24)22-19(25)20-13-8-6-12(7-9-13)17-21-14-4-2-3-5-16(14)27-17/h2-9,15H,10-11H2,1H3,(H,23,24)(H2,20,22,25). The Morgan fingerprint density at radius 1 is 1.19 bits per heavy atom. The molecule has 27 heavy (non-hydrogen) atoms. The second kappa shape index (κ2) is 8.88. The molecule has 140 valence electrons. The average Bonchev–Trinajstić information content (AvgIpc) is 3.09. The van der Waals surface area contributed by atoms with Crippen LogP contribution in [0.5, 0.6) is 0 Å². The number of aliphatic carboxylic acids is 1. The highest BCUT2D eigenvalue weighted by Crippen LogP contribution is 2.30. The van der Waals surface area contributed by atoms with Crippen LogP contribution in [0.3, 0.4) is 0 Å². The predicted molar refractivity (Wildman–Crippen MR) is 112 cm³/mol. The van der Waals surface area contributed by atoms with Crippen molar-refractivity contribution in [1.82, 2.24) is 10.3 Å². The molecule has 2 aromatic carbocycles. The largest absolute Gasteiger partial charge is 0.480 e. The Morgan fingerprint density at radius 2 is 1.93 bits per heavy atom. The normalized spacial score (nSPS) is 11.9. The van der Waals surface area contributed by atoms with Crippen LogP contribution < -0.4 is 10.6 Å². The highest BCUT2D eigenvalue weighted by atomic mass is 32.2. The summed E-state index contributed by atoms with van der Waals surface area (Å²) in [6.45, 7) is 0. The molecule has 1 heterocycles. The fourth-order valence-electron chi connectivity index (χ4n) is 2.51. The number of urea groups is 1. The zero-order valence-corrected chi connectivity index (χ0v) is 16.3. The number of fused-ring (bicyclic) bond motifs is 1. The van der Waals surface area contributed by atoms with Crippen LogP contribution in [-0.2, 0) is 4.79 Å². The third kappa shape index (κ3) is 4.99. The molecular weight excluding hydrogens is 382 g/mol. The molecule has 8 heteroatoms. The monoisotopic (exact) mass is 401 g/mol. The van der Waals surface area contributed by atoms with Gasteiger partial charge in [-0.3, -0.25) is 0 Å². The van der Waals surface area contributed by atoms with Crippen molar-refractivity contribution in [1.29, 1.82) is 0 Å². The smallest absolute Gasteiger partial charge is 0.326 e. The van der Waals surface area contributed by atoms with Crippen molar-refractivity contribution in [3.63, 3.8) is 0 Å². The Bertz CT molecular complexity index is 908. The molecule has 2 amide bonds. The van der Waals surface area contributed by atoms with Crippen LogP contribution in [0.4, 0.5) is 10.5 Å². The number of para-hydroxylation sites is 1. The molecule has 0 aliphatic heterocycles. The van der Waals surface area contributed by atoms with Gasteiger partial charge in [-0.25, -0.2) is 14.6 Å². The molecule has 1 unspecified atom stereocenters. The first-order valence-electron chi connectivity index (χ1n) is 8.32. The summed E-state index contributed by atoms with van der Waals surface area (Å²) in [5.74, 6) is -0.376. The topological polar surface area (TPSA) is 91.3 Å². The number of hydrogen-bond acceptors (Lipinski definition) is 5. The molecule has 0 bridgehead atoms. The third-order valence-electron chi connectivity index (χ3n) is 3.90. The number of carboxylic acid groups (broad SMARTS) is 1. The molecule has 6 nitrogen and oxygen atoms in total. The fourth-order valence-corrected chi connectivity index (χ4v) is 3.95. The van der Waals surface area contributed by atoms with Crippen molar-refractivity contribution in [3.8, 4) is 10.6 Å². The fraction of sp³-hybridized carbons (Fsp3) is 0.211. The molecule has 3 rings (SSSR count). The summed E-state index contributed by atoms with van der Waals surface area (Å²) in [6.07, 6.45) is 2.27. The Morgan fingerprint density at radius 3 is 2.59 bits per heavy atom. The highest BCUT2D eigenvalue weighted by molar-refractivity contribution is 7.98. The van der Waals surface area contributed by atoms with E-state index in [1.807, 2.05) is 42.7 Å². The van der Waals surface area contributed by atoms with E-state index in [1.54, 1.807) is 23.5 Å². The van der Waals surface area contributed by atoms with E-state index in [2.05, 4.69) is 15.6 Å². The van der Waals surface area contributed by atoms with E-state index in [-0.39, 0.29) is 0 Å². The van der Waals surface area contributed by atoms with Crippen LogP contribution in [0.25, 0.3) is 20.8 Å². The maximum atomic E-state index is 12.1. The van der Waals surface area contributed by atoms with Crippen LogP contribution in [0.2, 0.25) is 0 Å². The van der Waals surface area contributed by atoms with E-state index in [1.165, 1.54) is 11.8 Å². The Kier molecular flexibility index (Phi) is 6.31. The number of carbonyl (C=O) groups excluding carboxylic acids is 1. The molecule has 0 saturated carbocycles. The minimum absolute atomic E-state index is 0.375. The van der Waals surface area contributed by atoms with Crippen molar-refractivity contribution in [2.24, 2.45) is 0 Å². The molecule has 0 aliphatic rings. The number of thiazole rings is 1. The number of amides is 2. The van der Waals surface area contributed by atoms with E-state index in [9.17, 15) is 14.7 Å². The third-order valence-corrected chi connectivity index (χ3v) is 5.63. The summed E-state index contributed by atoms with van der Waals surface area (Å²) < 4.78 is 1.12. The van der Waals surface area contributed by atoms with Gasteiger partial charge in [-0.05, 0) is 54.8 Å². The molecule has 0 saturated heterocycles. The number of carboxylic acids is 1. The molecule has 0 aliphatic carbocycles. The number of aromatic nitrogens is 1. The summed E-state index contributed by atoms with van der Waals surface area (Å²) in [4.78, 5) is 27.9. The van der Waals surface area contributed by atoms with Crippen molar-refractivity contribution in [2.75, 3.05) is 17.3 Å². The second-order valence-corrected chi connectivity index (χ2v) is 7.85. The minimum Gasteiger partial charge on any atom is -0.480 e. The summed E-state index contributed by atoms with van der Waals surface area (Å²) >= 11 is 3.15. The lowest BCUT2D eigenvalue weighted by molar-refractivity contribution is -0.139. The first-order chi connectivity index (χ1) is 13.1. The number of anilines is 1. The number of hydrogen-bond donors (Lipinski definition) is 3. The van der Waals surface area contributed by atoms with E-state index in [0.29, 0.717) is 17.9 Å². The zero-order valence-electron chi connectivity index (χ0n) is 14.6. The van der Waals surface area contributed by atoms with Crippen LogP contribution in [0, 0.1) is 0 Å². The number of carbonyl (C=O) groups is 2. The quantitative estimate of drug-likeness (QED) is 0.549. The maximum Gasteiger partial charge on any atom is 0.326 e. The van der Waals surface area contributed by atoms with Gasteiger partial charge in [-0.15, -0.1) is 11.3 Å². The van der Waals surface area contributed by atoms with Gasteiger partial charge in [-0.1, -0.05) is 12.1 Å². The Hall–Kier alpha value is -2.58. The van der Waals surface area contributed by atoms with Gasteiger partial charge in [0, 0.05) is 11.3 Å². The lowest BCUT2D eigenvalue weighted by Gasteiger charge is -2.14. The molecule has 0 spiro atoms. The van der Waals surface area contributed by atoms with E-state index >= 15 is 0 Å². The van der Waals surface area contributed by atoms with Gasteiger partial charge in [0.2, 0.25) is 0 Å². The van der Waals surface area contributed by atoms with Crippen molar-refractivity contribution in [2.45, 2.75) is 12.5 Å². The Labute approximate surface area is 165 Å². The molecule has 0 radical (unpaired) electrons. The minimum atomic E-state index is -1.04. The predicted octanol–water partition coefficient (Wildman–Crippen LogP) is 4.29. The summed E-state index contributed by atoms with van der Waals surface area (Å²) in [6, 6.07) is 13.8. The van der Waals surface area contributed by atoms with E-state index in [0.717, 1.165) is 20.8 Å². The molecular formula is C19H19N3O3S2. The second-order valence-electron chi connectivity index (χ2n) is 5.83. The number of benzene rings is 2. The lowest BCUT2D eigenvalue weighted by Crippen LogP contribution is -2.43. The number of nitrogens with zero attached hydrogens (tertiary/aromatic N) is 1. The van der Waals surface area contributed by atoms with Gasteiger partial charge in [0.25, 0.3) is 0 Å². The zero-order chi connectivity index (χ0) is 19.2. The number of rotatable bonds is 7. The van der Waals surface area contributed by atoms with Gasteiger partial charge in [0.15, 0.2) is 0 Å². The number of nitrogens with one attached hydrogen (secondary N) is 2. The molecule has 3 N–H and O–H groups in total. The van der Waals surface area contributed by atoms with Gasteiger partial charge >= 0.3 is 12.0 Å². The van der Waals surface area contributed by atoms with Crippen molar-refractivity contribution >= 4 is 51.0 Å². The van der Waals surface area contributed by atoms with Crippen LogP contribution in [-0.4, -0.2) is 40.1 Å². The Balaban J connectivity index is 1.64. The summed E-state index contributed by atoms with van der Waals surface area (Å²) in [5, 5.41) is 15.3. The van der Waals surface area contributed by atoms with E-state index in [4.69, 9.17) is 0 Å². The molecule has 3 aromatic rings. The van der Waals surface area contributed by atoms with Crippen LogP contribution >= 0.6 is 23.1 Å². The molecule has 1 aromatic heterocycles. The molecule has 1 atom stereocenters. The van der Waals surface area contributed by atoms with Gasteiger partial charge < -0.3 is 15.7 Å². The maximum absolute atomic E-state index is 12.1. The number of thioether (sulfide) groups is 1. The summed E-state index contributed by atoms with van der Waals surface area (Å²) in [5.41, 5.74) is 2.51. The van der Waals surface area contributed by atoms with E-state index < -0.39 is 18.0 Å². The molecule has 0 fully saturated rings. The first-order valence-corrected chi connectivity index (χ1v) is 10.5. The summed E-state index contributed by atoms with van der Waals surface area (Å²) in [7, 11) is 0. The van der Waals surface area contributed by atoms with Gasteiger partial charge in [-0.2, -0.15) is 11.8 Å². The van der Waals surface area contributed by atoms with Gasteiger partial charge in [0.05, 0.1) is 10.2 Å². The average molecular weight is 402 g/mol. The van der Waals surface area contributed by atoms with Crippen molar-refractivity contribution < 1.29 is 14.7 Å². The van der Waals surface area contributed by atoms with Crippen LogP contribution in [0.1, 0.15) is 6.42 Å².